The van der Waals surface area contributed by atoms with Gasteiger partial charge < -0.3 is 9.62 Å². The molecule has 4 nitrogen and oxygen atoms in total. The van der Waals surface area contributed by atoms with Gasteiger partial charge in [0, 0.05) is 41.0 Å². The maximum atomic E-state index is 12.8. The number of amides is 1. The Hall–Kier alpha value is -2.50. The molecule has 0 aliphatic carbocycles. The van der Waals surface area contributed by atoms with Crippen LogP contribution in [0.5, 0.6) is 0 Å². The van der Waals surface area contributed by atoms with Crippen molar-refractivity contribution in [1.29, 1.82) is 0 Å². The Morgan fingerprint density at radius 3 is 2.70 bits per heavy atom. The van der Waals surface area contributed by atoms with Gasteiger partial charge in [-0.1, -0.05) is 18.0 Å². The van der Waals surface area contributed by atoms with Crippen molar-refractivity contribution in [3.63, 3.8) is 0 Å². The fourth-order valence-corrected chi connectivity index (χ4v) is 4.74. The molecule has 0 radical (unpaired) electrons. The van der Waals surface area contributed by atoms with Gasteiger partial charge in [0.15, 0.2) is 0 Å². The van der Waals surface area contributed by atoms with Gasteiger partial charge in [0.05, 0.1) is 10.7 Å². The van der Waals surface area contributed by atoms with Crippen LogP contribution in [0.25, 0.3) is 11.3 Å². The number of carbonyl (C=O) groups is 1. The van der Waals surface area contributed by atoms with E-state index in [-0.39, 0.29) is 5.91 Å². The van der Waals surface area contributed by atoms with E-state index in [0.717, 1.165) is 34.8 Å². The Morgan fingerprint density at radius 1 is 1.07 bits per heavy atom. The lowest BCUT2D eigenvalue weighted by Crippen LogP contribution is -2.15. The molecule has 0 bridgehead atoms. The Kier molecular flexibility index (Phi) is 6.60. The molecule has 2 heterocycles. The predicted octanol–water partition coefficient (Wildman–Crippen LogP) is 6.60. The van der Waals surface area contributed by atoms with E-state index < -0.39 is 0 Å². The molecule has 3 aromatic rings. The average Bonchev–Trinajstić information content (AvgIpc) is 3.05. The second-order valence-corrected chi connectivity index (χ2v) is 8.92. The standard InChI is InChI=1S/C24H24ClN3OS/c1-17-11-12-26-23(15-17)21-16-19(7-10-22(21)25)27-24(29)18-5-8-20(9-6-18)28-13-3-2-4-14-30-28/h5-12,15-16H,2-4,13-14H2,1H3,(H,27,29). The maximum Gasteiger partial charge on any atom is 0.255 e. The van der Waals surface area contributed by atoms with E-state index >= 15 is 0 Å². The molecule has 6 heteroatoms. The van der Waals surface area contributed by atoms with Gasteiger partial charge in [-0.05, 0) is 91.9 Å². The van der Waals surface area contributed by atoms with Crippen molar-refractivity contribution in [3.8, 4) is 11.3 Å². The molecule has 154 valence electrons. The van der Waals surface area contributed by atoms with Crippen molar-refractivity contribution in [2.75, 3.05) is 21.9 Å². The number of aromatic nitrogens is 1. The summed E-state index contributed by atoms with van der Waals surface area (Å²) in [6.07, 6.45) is 5.52. The van der Waals surface area contributed by atoms with E-state index in [1.807, 2.05) is 67.4 Å². The Morgan fingerprint density at radius 2 is 1.90 bits per heavy atom. The Balaban J connectivity index is 1.49. The zero-order chi connectivity index (χ0) is 20.9. The number of hydrogen-bond acceptors (Lipinski definition) is 4. The van der Waals surface area contributed by atoms with E-state index in [1.54, 1.807) is 12.3 Å². The molecule has 1 saturated heterocycles. The molecule has 4 rings (SSSR count). The van der Waals surface area contributed by atoms with E-state index in [9.17, 15) is 4.79 Å². The summed E-state index contributed by atoms with van der Waals surface area (Å²) in [5.74, 6) is 1.01. The van der Waals surface area contributed by atoms with Crippen LogP contribution >= 0.6 is 23.5 Å². The van der Waals surface area contributed by atoms with Crippen molar-refractivity contribution in [2.45, 2.75) is 26.2 Å². The van der Waals surface area contributed by atoms with Gasteiger partial charge in [-0.25, -0.2) is 0 Å². The van der Waals surface area contributed by atoms with Crippen LogP contribution < -0.4 is 9.62 Å². The third-order valence-corrected chi connectivity index (χ3v) is 6.59. The zero-order valence-corrected chi connectivity index (χ0v) is 18.5. The smallest absolute Gasteiger partial charge is 0.255 e. The largest absolute Gasteiger partial charge is 0.322 e. The Bertz CT molecular complexity index is 1030. The first kappa shape index (κ1) is 20.8. The number of hydrogen-bond donors (Lipinski definition) is 1. The number of anilines is 2. The number of aryl methyl sites for hydroxylation is 1. The number of halogens is 1. The number of nitrogens with zero attached hydrogens (tertiary/aromatic N) is 2. The van der Waals surface area contributed by atoms with Gasteiger partial charge in [-0.15, -0.1) is 0 Å². The highest BCUT2D eigenvalue weighted by Gasteiger charge is 2.13. The van der Waals surface area contributed by atoms with Crippen LogP contribution in [0.3, 0.4) is 0 Å². The fraction of sp³-hybridized carbons (Fsp3) is 0.250. The summed E-state index contributed by atoms with van der Waals surface area (Å²) in [5.41, 5.74) is 5.16. The Labute approximate surface area is 186 Å². The monoisotopic (exact) mass is 437 g/mol. The lowest BCUT2D eigenvalue weighted by molar-refractivity contribution is 0.102. The highest BCUT2D eigenvalue weighted by Crippen LogP contribution is 2.30. The van der Waals surface area contributed by atoms with Crippen LogP contribution in [0.4, 0.5) is 11.4 Å². The summed E-state index contributed by atoms with van der Waals surface area (Å²) < 4.78 is 2.33. The molecule has 1 fully saturated rings. The number of rotatable bonds is 4. The summed E-state index contributed by atoms with van der Waals surface area (Å²) in [6, 6.07) is 17.2. The topological polar surface area (TPSA) is 45.2 Å². The molecule has 30 heavy (non-hydrogen) atoms. The van der Waals surface area contributed by atoms with Gasteiger partial charge in [0.25, 0.3) is 5.91 Å². The second kappa shape index (κ2) is 9.54. The number of benzene rings is 2. The molecule has 0 unspecified atom stereocenters. The van der Waals surface area contributed by atoms with E-state index in [0.29, 0.717) is 16.3 Å². The van der Waals surface area contributed by atoms with Gasteiger partial charge >= 0.3 is 0 Å². The molecule has 1 aliphatic heterocycles. The molecule has 1 aromatic heterocycles. The van der Waals surface area contributed by atoms with Crippen LogP contribution in [0, 0.1) is 6.92 Å². The molecule has 1 aliphatic rings. The van der Waals surface area contributed by atoms with Crippen LogP contribution in [-0.2, 0) is 0 Å². The third kappa shape index (κ3) is 4.97. The minimum absolute atomic E-state index is 0.143. The van der Waals surface area contributed by atoms with E-state index in [1.165, 1.54) is 19.3 Å². The van der Waals surface area contributed by atoms with Gasteiger partial charge in [0.2, 0.25) is 0 Å². The minimum Gasteiger partial charge on any atom is -0.322 e. The molecule has 0 spiro atoms. The molecule has 1 amide bonds. The first-order chi connectivity index (χ1) is 14.6. The molecule has 2 aromatic carbocycles. The summed E-state index contributed by atoms with van der Waals surface area (Å²) >= 11 is 8.25. The maximum absolute atomic E-state index is 12.8. The molecule has 0 saturated carbocycles. The molecular weight excluding hydrogens is 414 g/mol. The van der Waals surface area contributed by atoms with E-state index in [2.05, 4.69) is 14.6 Å². The summed E-state index contributed by atoms with van der Waals surface area (Å²) in [6.45, 7) is 3.06. The zero-order valence-electron chi connectivity index (χ0n) is 16.9. The highest BCUT2D eigenvalue weighted by molar-refractivity contribution is 8.00. The number of nitrogens with one attached hydrogen (secondary N) is 1. The lowest BCUT2D eigenvalue weighted by Gasteiger charge is -2.21. The highest BCUT2D eigenvalue weighted by atomic mass is 35.5. The molecule has 0 atom stereocenters. The quantitative estimate of drug-likeness (QED) is 0.467. The van der Waals surface area contributed by atoms with Crippen molar-refractivity contribution in [3.05, 3.63) is 76.9 Å². The van der Waals surface area contributed by atoms with Crippen LogP contribution in [0.2, 0.25) is 5.02 Å². The predicted molar refractivity (Wildman–Crippen MR) is 127 cm³/mol. The molecule has 1 N–H and O–H groups in total. The summed E-state index contributed by atoms with van der Waals surface area (Å²) in [7, 11) is 0. The summed E-state index contributed by atoms with van der Waals surface area (Å²) in [4.78, 5) is 17.2. The van der Waals surface area contributed by atoms with Crippen molar-refractivity contribution >= 4 is 40.8 Å². The van der Waals surface area contributed by atoms with Crippen molar-refractivity contribution in [1.82, 2.24) is 4.98 Å². The SMILES string of the molecule is Cc1ccnc(-c2cc(NC(=O)c3ccc(N4CCCCCS4)cc3)ccc2Cl)c1. The summed E-state index contributed by atoms with van der Waals surface area (Å²) in [5, 5.41) is 3.58. The second-order valence-electron chi connectivity index (χ2n) is 7.41. The molecular formula is C24H24ClN3OS. The number of pyridine rings is 1. The van der Waals surface area contributed by atoms with E-state index in [4.69, 9.17) is 11.6 Å². The van der Waals surface area contributed by atoms with Gasteiger partial charge in [-0.3, -0.25) is 9.78 Å². The number of carbonyl (C=O) groups excluding carboxylic acids is 1. The van der Waals surface area contributed by atoms with Crippen molar-refractivity contribution in [2.24, 2.45) is 0 Å². The van der Waals surface area contributed by atoms with Gasteiger partial charge in [0.1, 0.15) is 0 Å². The lowest BCUT2D eigenvalue weighted by atomic mass is 10.1. The average molecular weight is 438 g/mol. The van der Waals surface area contributed by atoms with Gasteiger partial charge in [-0.2, -0.15) is 0 Å². The first-order valence-electron chi connectivity index (χ1n) is 10.1. The van der Waals surface area contributed by atoms with Crippen LogP contribution in [0.1, 0.15) is 35.2 Å². The van der Waals surface area contributed by atoms with Crippen LogP contribution in [0.15, 0.2) is 60.8 Å². The minimum atomic E-state index is -0.143. The first-order valence-corrected chi connectivity index (χ1v) is 11.5. The van der Waals surface area contributed by atoms with Crippen molar-refractivity contribution < 1.29 is 4.79 Å². The fourth-order valence-electron chi connectivity index (χ4n) is 3.44. The van der Waals surface area contributed by atoms with Crippen LogP contribution in [-0.4, -0.2) is 23.2 Å². The third-order valence-electron chi connectivity index (χ3n) is 5.09. The normalized spacial score (nSPS) is 14.3.